The molecule has 0 bridgehead atoms. The largest absolute Gasteiger partial charge is 0.481 e. The monoisotopic (exact) mass is 388 g/mol. The van der Waals surface area contributed by atoms with Crippen LogP contribution in [0.3, 0.4) is 0 Å². The first kappa shape index (κ1) is 18.8. The number of nitrogens with zero attached hydrogens (tertiary/aromatic N) is 1. The lowest BCUT2D eigenvalue weighted by Gasteiger charge is -2.13. The molecule has 0 atom stereocenters. The molecule has 0 spiro atoms. The van der Waals surface area contributed by atoms with E-state index < -0.39 is 16.0 Å². The second-order valence-electron chi connectivity index (χ2n) is 6.09. The van der Waals surface area contributed by atoms with Crippen LogP contribution in [0.1, 0.15) is 11.3 Å². The van der Waals surface area contributed by atoms with Gasteiger partial charge in [0.15, 0.2) is 0 Å². The molecule has 0 aliphatic heterocycles. The minimum absolute atomic E-state index is 0.0198. The van der Waals surface area contributed by atoms with E-state index in [1.165, 1.54) is 24.3 Å². The van der Waals surface area contributed by atoms with Crippen molar-refractivity contribution < 1.29 is 22.7 Å². The van der Waals surface area contributed by atoms with E-state index in [-0.39, 0.29) is 17.1 Å². The van der Waals surface area contributed by atoms with Gasteiger partial charge in [-0.15, -0.1) is 0 Å². The van der Waals surface area contributed by atoms with Gasteiger partial charge in [-0.2, -0.15) is 0 Å². The molecule has 3 aromatic rings. The number of sulfonamides is 1. The highest BCUT2D eigenvalue weighted by Crippen LogP contribution is 2.30. The lowest BCUT2D eigenvalue weighted by Crippen LogP contribution is -2.11. The molecule has 2 aromatic carbocycles. The van der Waals surface area contributed by atoms with E-state index in [1.807, 2.05) is 4.57 Å². The van der Waals surface area contributed by atoms with Crippen LogP contribution in [0.25, 0.3) is 16.9 Å². The van der Waals surface area contributed by atoms with Gasteiger partial charge in [0.05, 0.1) is 17.0 Å². The summed E-state index contributed by atoms with van der Waals surface area (Å²) in [6, 6.07) is 13.5. The Hall–Kier alpha value is -2.97. The number of halogens is 1. The molecule has 1 heterocycles. The van der Waals surface area contributed by atoms with Gasteiger partial charge in [-0.3, -0.25) is 4.79 Å². The van der Waals surface area contributed by atoms with Crippen molar-refractivity contribution in [1.82, 2.24) is 4.57 Å². The number of rotatable bonds is 5. The van der Waals surface area contributed by atoms with E-state index >= 15 is 0 Å². The Labute approximate surface area is 155 Å². The van der Waals surface area contributed by atoms with Gasteiger partial charge in [0.1, 0.15) is 5.82 Å². The molecule has 0 amide bonds. The molecular weight excluding hydrogens is 371 g/mol. The minimum Gasteiger partial charge on any atom is -0.481 e. The summed E-state index contributed by atoms with van der Waals surface area (Å²) < 4.78 is 38.0. The van der Waals surface area contributed by atoms with E-state index in [0.717, 1.165) is 0 Å². The van der Waals surface area contributed by atoms with Gasteiger partial charge < -0.3 is 9.67 Å². The highest BCUT2D eigenvalue weighted by Gasteiger charge is 2.17. The van der Waals surface area contributed by atoms with Crippen LogP contribution in [0, 0.1) is 12.7 Å². The molecule has 3 rings (SSSR count). The smallest absolute Gasteiger partial charge is 0.307 e. The molecule has 1 aromatic heterocycles. The number of aliphatic carboxylic acids is 1. The SMILES string of the molecule is Cc1c(CC(=O)O)cc(-c2ccc(S(N)(=O)=O)cc2)n1-c1ccc(F)cc1. The van der Waals surface area contributed by atoms with Gasteiger partial charge in [-0.05, 0) is 60.5 Å². The Kier molecular flexibility index (Phi) is 4.86. The Bertz CT molecular complexity index is 1100. The molecule has 140 valence electrons. The summed E-state index contributed by atoms with van der Waals surface area (Å²) in [6.07, 6.45) is -0.164. The standard InChI is InChI=1S/C19H17FN2O4S/c1-12-14(11-19(23)24)10-18(22(12)16-6-4-15(20)5-7-16)13-2-8-17(9-3-13)27(21,25)26/h2-10H,11H2,1H3,(H,23,24)(H2,21,25,26). The maximum Gasteiger partial charge on any atom is 0.307 e. The number of primary sulfonamides is 1. The maximum atomic E-state index is 13.3. The summed E-state index contributed by atoms with van der Waals surface area (Å²) in [6.45, 7) is 1.78. The zero-order chi connectivity index (χ0) is 19.8. The van der Waals surface area contributed by atoms with Gasteiger partial charge in [-0.1, -0.05) is 12.1 Å². The molecule has 0 unspecified atom stereocenters. The molecule has 6 nitrogen and oxygen atoms in total. The highest BCUT2D eigenvalue weighted by atomic mass is 32.2. The molecule has 0 saturated heterocycles. The van der Waals surface area contributed by atoms with Gasteiger partial charge in [0.2, 0.25) is 10.0 Å². The molecule has 0 aliphatic carbocycles. The van der Waals surface area contributed by atoms with Crippen molar-refractivity contribution in [2.75, 3.05) is 0 Å². The van der Waals surface area contributed by atoms with Gasteiger partial charge in [0.25, 0.3) is 0 Å². The third-order valence-electron chi connectivity index (χ3n) is 4.26. The summed E-state index contributed by atoms with van der Waals surface area (Å²) in [5.41, 5.74) is 3.31. The molecule has 3 N–H and O–H groups in total. The van der Waals surface area contributed by atoms with Crippen LogP contribution < -0.4 is 5.14 Å². The second kappa shape index (κ2) is 6.98. The fraction of sp³-hybridized carbons (Fsp3) is 0.105. The number of carbonyl (C=O) groups is 1. The first-order valence-electron chi connectivity index (χ1n) is 7.99. The summed E-state index contributed by atoms with van der Waals surface area (Å²) in [5.74, 6) is -1.35. The Morgan fingerprint density at radius 1 is 1.11 bits per heavy atom. The zero-order valence-corrected chi connectivity index (χ0v) is 15.2. The average Bonchev–Trinajstić information content (AvgIpc) is 2.91. The third-order valence-corrected chi connectivity index (χ3v) is 5.19. The number of nitrogens with two attached hydrogens (primary N) is 1. The van der Waals surface area contributed by atoms with Crippen molar-refractivity contribution in [3.63, 3.8) is 0 Å². The summed E-state index contributed by atoms with van der Waals surface area (Å²) >= 11 is 0. The Morgan fingerprint density at radius 3 is 2.22 bits per heavy atom. The van der Waals surface area contributed by atoms with Crippen LogP contribution in [-0.2, 0) is 21.2 Å². The maximum absolute atomic E-state index is 13.3. The summed E-state index contributed by atoms with van der Waals surface area (Å²) in [5, 5.41) is 14.3. The van der Waals surface area contributed by atoms with Crippen LogP contribution in [0.2, 0.25) is 0 Å². The van der Waals surface area contributed by atoms with Crippen LogP contribution in [-0.4, -0.2) is 24.1 Å². The number of carboxylic acid groups (broad SMARTS) is 1. The van der Waals surface area contributed by atoms with Crippen molar-refractivity contribution in [2.45, 2.75) is 18.2 Å². The molecule has 8 heteroatoms. The highest BCUT2D eigenvalue weighted by molar-refractivity contribution is 7.89. The van der Waals surface area contributed by atoms with Crippen molar-refractivity contribution in [1.29, 1.82) is 0 Å². The van der Waals surface area contributed by atoms with E-state index in [1.54, 1.807) is 37.3 Å². The first-order chi connectivity index (χ1) is 12.7. The summed E-state index contributed by atoms with van der Waals surface area (Å²) in [7, 11) is -3.81. The first-order valence-corrected chi connectivity index (χ1v) is 9.53. The van der Waals surface area contributed by atoms with Crippen LogP contribution in [0.5, 0.6) is 0 Å². The fourth-order valence-electron chi connectivity index (χ4n) is 2.95. The number of hydrogen-bond donors (Lipinski definition) is 2. The van der Waals surface area contributed by atoms with Gasteiger partial charge in [0, 0.05) is 11.4 Å². The number of carboxylic acids is 1. The molecule has 27 heavy (non-hydrogen) atoms. The van der Waals surface area contributed by atoms with Crippen molar-refractivity contribution in [2.24, 2.45) is 5.14 Å². The van der Waals surface area contributed by atoms with Crippen molar-refractivity contribution in [3.05, 3.63) is 71.7 Å². The summed E-state index contributed by atoms with van der Waals surface area (Å²) in [4.78, 5) is 11.2. The van der Waals surface area contributed by atoms with E-state index in [9.17, 15) is 17.6 Å². The second-order valence-corrected chi connectivity index (χ2v) is 7.65. The Balaban J connectivity index is 2.18. The van der Waals surface area contributed by atoms with Crippen molar-refractivity contribution in [3.8, 4) is 16.9 Å². The number of hydrogen-bond acceptors (Lipinski definition) is 3. The fourth-order valence-corrected chi connectivity index (χ4v) is 3.47. The normalized spacial score (nSPS) is 11.5. The molecule has 0 fully saturated rings. The van der Waals surface area contributed by atoms with Gasteiger partial charge in [-0.25, -0.2) is 17.9 Å². The number of benzene rings is 2. The Morgan fingerprint density at radius 2 is 1.70 bits per heavy atom. The van der Waals surface area contributed by atoms with Gasteiger partial charge >= 0.3 is 5.97 Å². The number of aromatic nitrogens is 1. The lowest BCUT2D eigenvalue weighted by molar-refractivity contribution is -0.136. The third kappa shape index (κ3) is 3.91. The van der Waals surface area contributed by atoms with E-state index in [4.69, 9.17) is 10.2 Å². The van der Waals surface area contributed by atoms with Crippen LogP contribution in [0.15, 0.2) is 59.5 Å². The molecule has 0 radical (unpaired) electrons. The van der Waals surface area contributed by atoms with Crippen LogP contribution >= 0.6 is 0 Å². The molecular formula is C19H17FN2O4S. The molecule has 0 aliphatic rings. The van der Waals surface area contributed by atoms with Crippen LogP contribution in [0.4, 0.5) is 4.39 Å². The van der Waals surface area contributed by atoms with E-state index in [2.05, 4.69) is 0 Å². The predicted molar refractivity (Wildman–Crippen MR) is 98.6 cm³/mol. The molecule has 0 saturated carbocycles. The topological polar surface area (TPSA) is 102 Å². The van der Waals surface area contributed by atoms with Crippen molar-refractivity contribution >= 4 is 16.0 Å². The average molecular weight is 388 g/mol. The minimum atomic E-state index is -3.81. The van der Waals surface area contributed by atoms with E-state index in [0.29, 0.717) is 28.2 Å². The zero-order valence-electron chi connectivity index (χ0n) is 14.4. The predicted octanol–water partition coefficient (Wildman–Crippen LogP) is 2.87. The quantitative estimate of drug-likeness (QED) is 0.701. The lowest BCUT2D eigenvalue weighted by atomic mass is 10.1.